The Hall–Kier alpha value is -4.79. The van der Waals surface area contributed by atoms with E-state index in [0.717, 1.165) is 11.8 Å². The molecule has 2 aliphatic rings. The number of Topliss-reactive ketones (excluding diaryl/α,β-unsaturated/α-hetero) is 1. The Labute approximate surface area is 277 Å². The molecule has 2 saturated heterocycles. The number of amides is 1. The summed E-state index contributed by atoms with van der Waals surface area (Å²) in [7, 11) is 0. The second-order valence-corrected chi connectivity index (χ2v) is 12.4. The highest BCUT2D eigenvalue weighted by Gasteiger charge is 2.50. The number of hydrogen-bond acceptors (Lipinski definition) is 10. The van der Waals surface area contributed by atoms with Crippen molar-refractivity contribution in [1.29, 1.82) is 0 Å². The van der Waals surface area contributed by atoms with Crippen molar-refractivity contribution >= 4 is 35.1 Å². The summed E-state index contributed by atoms with van der Waals surface area (Å²) >= 11 is 1.15. The van der Waals surface area contributed by atoms with E-state index in [4.69, 9.17) is 9.47 Å². The van der Waals surface area contributed by atoms with Crippen LogP contribution in [0.25, 0.3) is 11.1 Å². The molecule has 2 heterocycles. The number of benzene rings is 4. The van der Waals surface area contributed by atoms with Crippen LogP contribution in [0.2, 0.25) is 0 Å². The van der Waals surface area contributed by atoms with E-state index in [1.54, 1.807) is 59.5 Å². The summed E-state index contributed by atoms with van der Waals surface area (Å²) in [5.41, 5.74) is 2.52. The van der Waals surface area contributed by atoms with Crippen LogP contribution in [0, 0.1) is 5.82 Å². The molecular formula is C35H30FNO10S. The Morgan fingerprint density at radius 3 is 2.25 bits per heavy atom. The number of para-hydroxylation sites is 1. The summed E-state index contributed by atoms with van der Waals surface area (Å²) in [6.45, 7) is 0. The molecule has 0 aliphatic carbocycles. The highest BCUT2D eigenvalue weighted by Crippen LogP contribution is 2.48. The van der Waals surface area contributed by atoms with Gasteiger partial charge in [-0.05, 0) is 65.7 Å². The lowest BCUT2D eigenvalue weighted by Crippen LogP contribution is -2.61. The molecule has 0 aromatic heterocycles. The monoisotopic (exact) mass is 675 g/mol. The molecule has 1 amide bonds. The van der Waals surface area contributed by atoms with Crippen molar-refractivity contribution in [3.8, 4) is 22.6 Å². The van der Waals surface area contributed by atoms with Crippen molar-refractivity contribution in [3.63, 3.8) is 0 Å². The second kappa shape index (κ2) is 13.7. The number of aliphatic hydroxyl groups excluding tert-OH is 3. The summed E-state index contributed by atoms with van der Waals surface area (Å²) in [6.07, 6.45) is -8.84. The number of halogens is 1. The molecule has 2 aliphatic heterocycles. The number of ketones is 1. The third kappa shape index (κ3) is 6.50. The number of phenols is 1. The van der Waals surface area contributed by atoms with Gasteiger partial charge in [0.2, 0.25) is 12.2 Å². The van der Waals surface area contributed by atoms with Gasteiger partial charge in [0, 0.05) is 16.8 Å². The van der Waals surface area contributed by atoms with E-state index < -0.39 is 53.8 Å². The van der Waals surface area contributed by atoms with Gasteiger partial charge in [-0.25, -0.2) is 9.18 Å². The van der Waals surface area contributed by atoms with Gasteiger partial charge in [-0.15, -0.1) is 11.8 Å². The number of β-lactam (4-membered cyclic amide) rings is 1. The maximum atomic E-state index is 13.4. The third-order valence-electron chi connectivity index (χ3n) is 8.22. The molecule has 3 unspecified atom stereocenters. The normalized spacial score (nSPS) is 25.3. The van der Waals surface area contributed by atoms with E-state index in [1.807, 2.05) is 6.07 Å². The van der Waals surface area contributed by atoms with Crippen molar-refractivity contribution in [3.05, 3.63) is 114 Å². The first-order chi connectivity index (χ1) is 23.0. The van der Waals surface area contributed by atoms with Crippen molar-refractivity contribution < 1.29 is 53.8 Å². The fraction of sp³-hybridized carbons (Fsp3) is 0.229. The maximum Gasteiger partial charge on any atom is 0.335 e. The van der Waals surface area contributed by atoms with Gasteiger partial charge in [0.15, 0.2) is 11.9 Å². The minimum Gasteiger partial charge on any atom is -0.508 e. The van der Waals surface area contributed by atoms with Crippen molar-refractivity contribution in [2.45, 2.75) is 42.0 Å². The van der Waals surface area contributed by atoms with Crippen LogP contribution in [-0.2, 0) is 14.3 Å². The van der Waals surface area contributed by atoms with Crippen LogP contribution in [0.15, 0.2) is 97.1 Å². The fourth-order valence-electron chi connectivity index (χ4n) is 5.69. The van der Waals surface area contributed by atoms with E-state index in [2.05, 4.69) is 0 Å². The van der Waals surface area contributed by atoms with Gasteiger partial charge in [0.25, 0.3) is 0 Å². The topological polar surface area (TPSA) is 174 Å². The predicted molar refractivity (Wildman–Crippen MR) is 172 cm³/mol. The van der Waals surface area contributed by atoms with E-state index >= 15 is 0 Å². The molecule has 4 aromatic carbocycles. The lowest BCUT2D eigenvalue weighted by atomic mass is 9.90. The second-order valence-electron chi connectivity index (χ2n) is 11.3. The summed E-state index contributed by atoms with van der Waals surface area (Å²) in [5, 5.41) is 50.3. The summed E-state index contributed by atoms with van der Waals surface area (Å²) < 4.78 is 24.2. The molecule has 0 saturated carbocycles. The molecule has 0 spiro atoms. The van der Waals surface area contributed by atoms with Crippen LogP contribution in [0.5, 0.6) is 11.5 Å². The molecule has 48 heavy (non-hydrogen) atoms. The molecule has 13 heteroatoms. The van der Waals surface area contributed by atoms with Crippen LogP contribution in [-0.4, -0.2) is 84.9 Å². The average Bonchev–Trinajstić information content (AvgIpc) is 3.08. The van der Waals surface area contributed by atoms with E-state index in [0.29, 0.717) is 27.9 Å². The first-order valence-electron chi connectivity index (χ1n) is 14.8. The van der Waals surface area contributed by atoms with E-state index in [-0.39, 0.29) is 28.9 Å². The number of aromatic hydroxyl groups is 1. The number of carbonyl (C=O) groups excluding carboxylic acids is 2. The number of phenolic OH excluding ortho intramolecular Hbond substituents is 1. The number of rotatable bonds is 10. The van der Waals surface area contributed by atoms with E-state index in [9.17, 15) is 44.3 Å². The fourth-order valence-corrected chi connectivity index (χ4v) is 6.90. The SMILES string of the molecule is O=C(CS[C@H]1C(=O)N(c2ccccc2)[C@@H]1c1ccc(-c2cccc(O[C@@H]3OC(C(=O)O)[C@@H](O)C(O)C3O)c2)cc1O)c1ccc(F)cc1. The number of aliphatic carboxylic acids is 1. The molecule has 7 atom stereocenters. The summed E-state index contributed by atoms with van der Waals surface area (Å²) in [5.74, 6) is -2.49. The molecule has 0 radical (unpaired) electrons. The molecule has 11 nitrogen and oxygen atoms in total. The van der Waals surface area contributed by atoms with Gasteiger partial charge < -0.3 is 39.9 Å². The molecular weight excluding hydrogens is 645 g/mol. The number of carboxylic acids is 1. The molecule has 248 valence electrons. The molecule has 0 bridgehead atoms. The number of carboxylic acid groups (broad SMARTS) is 1. The number of thioether (sulfide) groups is 1. The number of nitrogens with zero attached hydrogens (tertiary/aromatic N) is 1. The van der Waals surface area contributed by atoms with Gasteiger partial charge in [0.05, 0.1) is 11.8 Å². The Morgan fingerprint density at radius 2 is 1.56 bits per heavy atom. The highest BCUT2D eigenvalue weighted by molar-refractivity contribution is 8.01. The number of ether oxygens (including phenoxy) is 2. The van der Waals surface area contributed by atoms with Gasteiger partial charge in [-0.2, -0.15) is 0 Å². The molecule has 2 fully saturated rings. The Balaban J connectivity index is 1.23. The zero-order chi connectivity index (χ0) is 34.1. The summed E-state index contributed by atoms with van der Waals surface area (Å²) in [4.78, 5) is 39.3. The zero-order valence-corrected chi connectivity index (χ0v) is 25.8. The van der Waals surface area contributed by atoms with Crippen molar-refractivity contribution in [1.82, 2.24) is 0 Å². The lowest BCUT2D eigenvalue weighted by molar-refractivity contribution is -0.271. The number of anilines is 1. The Kier molecular flexibility index (Phi) is 9.49. The maximum absolute atomic E-state index is 13.4. The van der Waals surface area contributed by atoms with Gasteiger partial charge in [0.1, 0.15) is 40.9 Å². The van der Waals surface area contributed by atoms with Crippen molar-refractivity contribution in [2.24, 2.45) is 0 Å². The van der Waals surface area contributed by atoms with Gasteiger partial charge in [-0.3, -0.25) is 9.59 Å². The van der Waals surface area contributed by atoms with Crippen LogP contribution in [0.1, 0.15) is 22.0 Å². The first kappa shape index (κ1) is 33.1. The highest BCUT2D eigenvalue weighted by atomic mass is 32.2. The number of hydrogen-bond donors (Lipinski definition) is 5. The Morgan fingerprint density at radius 1 is 0.854 bits per heavy atom. The minimum atomic E-state index is -1.86. The van der Waals surface area contributed by atoms with Crippen molar-refractivity contribution in [2.75, 3.05) is 10.7 Å². The van der Waals surface area contributed by atoms with Crippen LogP contribution < -0.4 is 9.64 Å². The largest absolute Gasteiger partial charge is 0.508 e. The number of aliphatic hydroxyl groups is 3. The lowest BCUT2D eigenvalue weighted by Gasteiger charge is -2.47. The summed E-state index contributed by atoms with van der Waals surface area (Å²) in [6, 6.07) is 24.9. The smallest absolute Gasteiger partial charge is 0.335 e. The third-order valence-corrected chi connectivity index (χ3v) is 9.47. The molecule has 4 aromatic rings. The minimum absolute atomic E-state index is 0.0323. The van der Waals surface area contributed by atoms with Crippen LogP contribution in [0.3, 0.4) is 0 Å². The average molecular weight is 676 g/mol. The van der Waals surface area contributed by atoms with E-state index in [1.165, 1.54) is 36.4 Å². The number of carbonyl (C=O) groups is 3. The van der Waals surface area contributed by atoms with Crippen LogP contribution in [0.4, 0.5) is 10.1 Å². The molecule has 5 N–H and O–H groups in total. The van der Waals surface area contributed by atoms with Crippen LogP contribution >= 0.6 is 11.8 Å². The van der Waals surface area contributed by atoms with Gasteiger partial charge >= 0.3 is 5.97 Å². The standard InChI is InChI=1S/C35H30FNO10S/c36-21-12-9-18(10-13-21)26(39)17-48-32-27(37(33(32)43)22-6-2-1-3-7-22)24-14-11-20(16-25(24)38)19-5-4-8-23(15-19)46-35-30(42)28(40)29(41)31(47-35)34(44)45/h1-16,27-32,35,38,40-42H,17H2,(H,44,45)/t27-,28?,29+,30?,31?,32-,35-/m1/s1. The van der Waals surface area contributed by atoms with Gasteiger partial charge in [-0.1, -0.05) is 42.5 Å². The Bertz CT molecular complexity index is 1820. The quantitative estimate of drug-likeness (QED) is 0.123. The zero-order valence-electron chi connectivity index (χ0n) is 25.0. The first-order valence-corrected chi connectivity index (χ1v) is 15.9. The predicted octanol–water partition coefficient (Wildman–Crippen LogP) is 3.54. The molecule has 6 rings (SSSR count).